The van der Waals surface area contributed by atoms with E-state index in [2.05, 4.69) is 24.9 Å². The number of fused-ring (bicyclic) bond motifs is 1. The van der Waals surface area contributed by atoms with E-state index in [0.29, 0.717) is 53.9 Å². The van der Waals surface area contributed by atoms with E-state index in [9.17, 15) is 9.59 Å². The molecule has 1 aliphatic rings. The molecule has 3 aromatic heterocycles. The number of pyridine rings is 1. The smallest absolute Gasteiger partial charge is 0.295 e. The summed E-state index contributed by atoms with van der Waals surface area (Å²) in [4.78, 5) is 43.1. The highest BCUT2D eigenvalue weighted by Crippen LogP contribution is 2.29. The van der Waals surface area contributed by atoms with Crippen molar-refractivity contribution in [2.45, 2.75) is 19.8 Å². The largest absolute Gasteiger partial charge is 0.357 e. The molecule has 1 fully saturated rings. The molecule has 168 valence electrons. The van der Waals surface area contributed by atoms with E-state index in [1.54, 1.807) is 17.3 Å². The Morgan fingerprint density at radius 3 is 2.59 bits per heavy atom. The Kier molecular flexibility index (Phi) is 5.47. The van der Waals surface area contributed by atoms with Gasteiger partial charge < -0.3 is 9.88 Å². The lowest BCUT2D eigenvalue weighted by atomic mass is 9.97. The fourth-order valence-corrected chi connectivity index (χ4v) is 4.39. The first-order valence-electron chi connectivity index (χ1n) is 10.9. The van der Waals surface area contributed by atoms with Crippen molar-refractivity contribution in [1.82, 2.24) is 29.6 Å². The van der Waals surface area contributed by atoms with Crippen molar-refractivity contribution in [2.24, 2.45) is 0 Å². The van der Waals surface area contributed by atoms with Crippen LogP contribution < -0.4 is 0 Å². The first-order chi connectivity index (χ1) is 16.6. The number of hydrogen-bond donors (Lipinski definition) is 1. The molecule has 1 aromatic carbocycles. The van der Waals surface area contributed by atoms with Gasteiger partial charge in [-0.05, 0) is 30.9 Å². The summed E-state index contributed by atoms with van der Waals surface area (Å²) in [5.41, 5.74) is 4.26. The molecule has 4 aromatic rings. The molecule has 1 N–H and O–H groups in total. The van der Waals surface area contributed by atoms with Crippen LogP contribution in [-0.4, -0.2) is 54.4 Å². The molecule has 0 aliphatic carbocycles. The maximum atomic E-state index is 13.2. The summed E-state index contributed by atoms with van der Waals surface area (Å²) in [6.45, 7) is 10.3. The summed E-state index contributed by atoms with van der Waals surface area (Å²) in [7, 11) is 0. The number of carbonyl (C=O) groups is 2. The van der Waals surface area contributed by atoms with Crippen molar-refractivity contribution in [3.05, 3.63) is 89.1 Å². The van der Waals surface area contributed by atoms with Crippen LogP contribution in [0.4, 0.5) is 0 Å². The van der Waals surface area contributed by atoms with Gasteiger partial charge in [0, 0.05) is 30.9 Å². The molecule has 0 spiro atoms. The number of amides is 1. The Balaban J connectivity index is 1.39. The van der Waals surface area contributed by atoms with Crippen LogP contribution in [0, 0.1) is 13.5 Å². The standard InChI is InChI=1S/C25H21N7O2/c1-16-12-29-24(32-15-27-14-30-32)22-20(16)19(13-28-22)23(33)25(34)31-10-8-18(9-11-31)21(26-2)17-6-4-3-5-7-17/h3-7,12-15,28H,8-11H2,1H3. The number of nitrogens with zero attached hydrogens (tertiary/aromatic N) is 6. The number of Topliss-reactive ketones (excluding diaryl/α,β-unsaturated/α-hetero) is 1. The first kappa shape index (κ1) is 21.3. The summed E-state index contributed by atoms with van der Waals surface area (Å²) in [5.74, 6) is -0.599. The normalized spacial score (nSPS) is 13.6. The van der Waals surface area contributed by atoms with Crippen molar-refractivity contribution in [1.29, 1.82) is 0 Å². The Labute approximate surface area is 195 Å². The molecule has 9 nitrogen and oxygen atoms in total. The van der Waals surface area contributed by atoms with Gasteiger partial charge in [0.05, 0.1) is 17.7 Å². The van der Waals surface area contributed by atoms with Crippen LogP contribution >= 0.6 is 0 Å². The Morgan fingerprint density at radius 1 is 1.15 bits per heavy atom. The highest BCUT2D eigenvalue weighted by molar-refractivity contribution is 6.45. The number of benzene rings is 1. The van der Waals surface area contributed by atoms with Crippen molar-refractivity contribution in [3.63, 3.8) is 0 Å². The molecule has 4 heterocycles. The van der Waals surface area contributed by atoms with Crippen molar-refractivity contribution < 1.29 is 9.59 Å². The first-order valence-corrected chi connectivity index (χ1v) is 10.9. The van der Waals surface area contributed by atoms with E-state index in [4.69, 9.17) is 6.57 Å². The summed E-state index contributed by atoms with van der Waals surface area (Å²) >= 11 is 0. The van der Waals surface area contributed by atoms with Gasteiger partial charge in [0.15, 0.2) is 11.5 Å². The number of aryl methyl sites for hydroxylation is 1. The number of carbonyl (C=O) groups excluding carboxylic acids is 2. The number of hydrogen-bond acceptors (Lipinski definition) is 5. The zero-order chi connectivity index (χ0) is 23.7. The lowest BCUT2D eigenvalue weighted by Gasteiger charge is -2.28. The Morgan fingerprint density at radius 2 is 1.91 bits per heavy atom. The zero-order valence-corrected chi connectivity index (χ0v) is 18.5. The van der Waals surface area contributed by atoms with Crippen LogP contribution in [0.1, 0.15) is 34.3 Å². The summed E-state index contributed by atoms with van der Waals surface area (Å²) < 4.78 is 1.51. The molecule has 0 radical (unpaired) electrons. The van der Waals surface area contributed by atoms with Crippen LogP contribution in [-0.2, 0) is 4.79 Å². The Bertz CT molecular complexity index is 1450. The molecule has 1 amide bonds. The van der Waals surface area contributed by atoms with Gasteiger partial charge in [-0.2, -0.15) is 5.10 Å². The van der Waals surface area contributed by atoms with Gasteiger partial charge in [-0.25, -0.2) is 19.5 Å². The minimum atomic E-state index is -0.564. The van der Waals surface area contributed by atoms with E-state index in [0.717, 1.165) is 16.7 Å². The minimum Gasteiger partial charge on any atom is -0.357 e. The number of aromatic amines is 1. The topological polar surface area (TPSA) is 101 Å². The predicted molar refractivity (Wildman–Crippen MR) is 126 cm³/mol. The third-order valence-electron chi connectivity index (χ3n) is 6.10. The molecule has 0 bridgehead atoms. The van der Waals surface area contributed by atoms with Crippen molar-refractivity contribution in [3.8, 4) is 5.82 Å². The Hall–Kier alpha value is -4.58. The third-order valence-corrected chi connectivity index (χ3v) is 6.10. The van der Waals surface area contributed by atoms with Gasteiger partial charge in [0.1, 0.15) is 12.7 Å². The predicted octanol–water partition coefficient (Wildman–Crippen LogP) is 3.59. The second kappa shape index (κ2) is 8.75. The van der Waals surface area contributed by atoms with E-state index in [1.165, 1.54) is 17.3 Å². The number of piperidine rings is 1. The molecular formula is C25H21N7O2. The van der Waals surface area contributed by atoms with Gasteiger partial charge in [0.2, 0.25) is 0 Å². The third kappa shape index (κ3) is 3.65. The maximum absolute atomic E-state index is 13.2. The second-order valence-corrected chi connectivity index (χ2v) is 8.11. The fraction of sp³-hybridized carbons (Fsp3) is 0.200. The van der Waals surface area contributed by atoms with Gasteiger partial charge in [0.25, 0.3) is 11.7 Å². The van der Waals surface area contributed by atoms with Crippen LogP contribution in [0.3, 0.4) is 0 Å². The molecule has 0 atom stereocenters. The van der Waals surface area contributed by atoms with Crippen LogP contribution in [0.5, 0.6) is 0 Å². The summed E-state index contributed by atoms with van der Waals surface area (Å²) in [6.07, 6.45) is 7.28. The SMILES string of the molecule is [C-]#[N+]C(=C1CCN(C(=O)C(=O)c2c[nH]c3c(-n4cncn4)ncc(C)c23)CC1)c1ccccc1. The monoisotopic (exact) mass is 451 g/mol. The van der Waals surface area contributed by atoms with Crippen LogP contribution in [0.25, 0.3) is 27.3 Å². The molecule has 1 saturated heterocycles. The van der Waals surface area contributed by atoms with Crippen LogP contribution in [0.15, 0.2) is 61.0 Å². The number of aromatic nitrogens is 5. The number of rotatable bonds is 4. The van der Waals surface area contributed by atoms with Gasteiger partial charge >= 0.3 is 0 Å². The van der Waals surface area contributed by atoms with Crippen molar-refractivity contribution in [2.75, 3.05) is 13.1 Å². The lowest BCUT2D eigenvalue weighted by molar-refractivity contribution is -0.126. The average molecular weight is 451 g/mol. The number of ketones is 1. The zero-order valence-electron chi connectivity index (χ0n) is 18.5. The number of likely N-dealkylation sites (tertiary alicyclic amines) is 1. The number of nitrogens with one attached hydrogen (secondary N) is 1. The van der Waals surface area contributed by atoms with E-state index in [-0.39, 0.29) is 0 Å². The maximum Gasteiger partial charge on any atom is 0.295 e. The molecule has 1 aliphatic heterocycles. The number of H-pyrrole nitrogens is 1. The second-order valence-electron chi connectivity index (χ2n) is 8.11. The van der Waals surface area contributed by atoms with Crippen molar-refractivity contribution >= 4 is 28.3 Å². The minimum absolute atomic E-state index is 0.314. The van der Waals surface area contributed by atoms with Gasteiger partial charge in [-0.1, -0.05) is 35.9 Å². The van der Waals surface area contributed by atoms with E-state index < -0.39 is 11.7 Å². The molecule has 0 unspecified atom stereocenters. The summed E-state index contributed by atoms with van der Waals surface area (Å²) in [5, 5.41) is 4.77. The lowest BCUT2D eigenvalue weighted by Crippen LogP contribution is -2.40. The summed E-state index contributed by atoms with van der Waals surface area (Å²) in [6, 6.07) is 9.57. The molecule has 34 heavy (non-hydrogen) atoms. The van der Waals surface area contributed by atoms with Crippen LogP contribution in [0.2, 0.25) is 0 Å². The van der Waals surface area contributed by atoms with Gasteiger partial charge in [-0.3, -0.25) is 9.59 Å². The van der Waals surface area contributed by atoms with Gasteiger partial charge in [-0.15, -0.1) is 0 Å². The highest BCUT2D eigenvalue weighted by Gasteiger charge is 2.29. The molecular weight excluding hydrogens is 430 g/mol. The molecule has 5 rings (SSSR count). The fourth-order valence-electron chi connectivity index (χ4n) is 4.39. The van der Waals surface area contributed by atoms with E-state index in [1.807, 2.05) is 37.3 Å². The molecule has 9 heteroatoms. The highest BCUT2D eigenvalue weighted by atomic mass is 16.2. The quantitative estimate of drug-likeness (QED) is 0.290. The molecule has 0 saturated carbocycles. The average Bonchev–Trinajstić information content (AvgIpc) is 3.56. The van der Waals surface area contributed by atoms with E-state index >= 15 is 0 Å².